The fraction of sp³-hybridized carbons (Fsp3) is 0.250. The van der Waals surface area contributed by atoms with E-state index in [1.807, 2.05) is 31.2 Å². The molecule has 0 spiro atoms. The molecule has 1 aliphatic carbocycles. The average Bonchev–Trinajstić information content (AvgIpc) is 2.82. The quantitative estimate of drug-likeness (QED) is 0.813. The lowest BCUT2D eigenvalue weighted by atomic mass is 10.1. The van der Waals surface area contributed by atoms with Gasteiger partial charge in [0.25, 0.3) is 10.1 Å². The lowest BCUT2D eigenvalue weighted by Gasteiger charge is -2.13. The fourth-order valence-corrected chi connectivity index (χ4v) is 3.62. The Hall–Kier alpha value is -1.65. The van der Waals surface area contributed by atoms with E-state index < -0.39 is 10.1 Å². The highest BCUT2D eigenvalue weighted by Crippen LogP contribution is 2.36. The fourth-order valence-electron chi connectivity index (χ4n) is 2.53. The molecule has 0 aliphatic heterocycles. The van der Waals surface area contributed by atoms with Crippen molar-refractivity contribution in [3.63, 3.8) is 0 Å². The van der Waals surface area contributed by atoms with Gasteiger partial charge in [0.1, 0.15) is 6.10 Å². The minimum Gasteiger partial charge on any atom is -0.258 e. The average molecular weight is 288 g/mol. The van der Waals surface area contributed by atoms with Crippen molar-refractivity contribution in [1.29, 1.82) is 0 Å². The lowest BCUT2D eigenvalue weighted by Crippen LogP contribution is -2.10. The molecule has 2 aromatic carbocycles. The van der Waals surface area contributed by atoms with E-state index in [4.69, 9.17) is 4.18 Å². The number of rotatable bonds is 3. The molecule has 0 unspecified atom stereocenters. The van der Waals surface area contributed by atoms with Gasteiger partial charge in [-0.25, -0.2) is 0 Å². The summed E-state index contributed by atoms with van der Waals surface area (Å²) in [6.07, 6.45) is 1.21. The van der Waals surface area contributed by atoms with Gasteiger partial charge in [-0.3, -0.25) is 4.18 Å². The number of hydrogen-bond acceptors (Lipinski definition) is 3. The van der Waals surface area contributed by atoms with Gasteiger partial charge in [0.15, 0.2) is 0 Å². The van der Waals surface area contributed by atoms with E-state index in [1.165, 1.54) is 5.56 Å². The predicted octanol–water partition coefficient (Wildman–Crippen LogP) is 3.39. The largest absolute Gasteiger partial charge is 0.297 e. The van der Waals surface area contributed by atoms with Crippen LogP contribution in [-0.2, 0) is 20.7 Å². The van der Waals surface area contributed by atoms with Crippen LogP contribution in [0.3, 0.4) is 0 Å². The minimum absolute atomic E-state index is 0.215. The molecule has 104 valence electrons. The van der Waals surface area contributed by atoms with E-state index in [1.54, 1.807) is 24.3 Å². The summed E-state index contributed by atoms with van der Waals surface area (Å²) in [7, 11) is -3.70. The van der Waals surface area contributed by atoms with Crippen LogP contribution in [0.15, 0.2) is 53.4 Å². The Morgan fingerprint density at radius 2 is 1.75 bits per heavy atom. The topological polar surface area (TPSA) is 43.4 Å². The first-order valence-electron chi connectivity index (χ1n) is 6.64. The van der Waals surface area contributed by atoms with E-state index in [-0.39, 0.29) is 11.0 Å². The molecule has 4 heteroatoms. The summed E-state index contributed by atoms with van der Waals surface area (Å²) in [5, 5.41) is 0. The highest BCUT2D eigenvalue weighted by Gasteiger charge is 2.28. The van der Waals surface area contributed by atoms with Crippen molar-refractivity contribution >= 4 is 10.1 Å². The van der Waals surface area contributed by atoms with Crippen molar-refractivity contribution in [3.8, 4) is 0 Å². The molecule has 3 rings (SSSR count). The van der Waals surface area contributed by atoms with E-state index >= 15 is 0 Å². The van der Waals surface area contributed by atoms with Crippen molar-refractivity contribution in [2.24, 2.45) is 0 Å². The minimum atomic E-state index is -3.70. The molecule has 3 nitrogen and oxygen atoms in total. The Morgan fingerprint density at radius 1 is 1.05 bits per heavy atom. The van der Waals surface area contributed by atoms with Gasteiger partial charge in [-0.2, -0.15) is 8.42 Å². The van der Waals surface area contributed by atoms with Gasteiger partial charge in [-0.1, -0.05) is 42.0 Å². The van der Waals surface area contributed by atoms with Crippen molar-refractivity contribution in [1.82, 2.24) is 0 Å². The van der Waals surface area contributed by atoms with Crippen LogP contribution < -0.4 is 0 Å². The monoisotopic (exact) mass is 288 g/mol. The summed E-state index contributed by atoms with van der Waals surface area (Å²) >= 11 is 0. The van der Waals surface area contributed by atoms with Gasteiger partial charge in [-0.05, 0) is 43.0 Å². The van der Waals surface area contributed by atoms with Crippen molar-refractivity contribution in [3.05, 3.63) is 65.2 Å². The molecule has 1 aliphatic rings. The summed E-state index contributed by atoms with van der Waals surface area (Å²) in [5.74, 6) is 0. The van der Waals surface area contributed by atoms with Crippen molar-refractivity contribution in [2.75, 3.05) is 0 Å². The van der Waals surface area contributed by atoms with E-state index in [0.29, 0.717) is 6.42 Å². The third-order valence-corrected chi connectivity index (χ3v) is 4.97. The van der Waals surface area contributed by atoms with Gasteiger partial charge in [0, 0.05) is 0 Å². The third-order valence-electron chi connectivity index (χ3n) is 3.63. The summed E-state index contributed by atoms with van der Waals surface area (Å²) in [4.78, 5) is 0.215. The SMILES string of the molecule is Cc1ccc(S(=O)(=O)O[C@H]2CCc3ccccc32)cc1. The van der Waals surface area contributed by atoms with Crippen LogP contribution >= 0.6 is 0 Å². The molecule has 0 saturated carbocycles. The molecule has 20 heavy (non-hydrogen) atoms. The van der Waals surface area contributed by atoms with Gasteiger partial charge in [0.05, 0.1) is 4.90 Å². The standard InChI is InChI=1S/C16H16O3S/c1-12-6-9-14(10-7-12)20(17,18)19-16-11-8-13-4-2-3-5-15(13)16/h2-7,9-10,16H,8,11H2,1H3/t16-/m0/s1. The van der Waals surface area contributed by atoms with Crippen LogP contribution in [0, 0.1) is 6.92 Å². The molecular formula is C16H16O3S. The van der Waals surface area contributed by atoms with Gasteiger partial charge < -0.3 is 0 Å². The summed E-state index contributed by atoms with van der Waals surface area (Å²) < 4.78 is 30.0. The van der Waals surface area contributed by atoms with E-state index in [9.17, 15) is 8.42 Å². The molecule has 0 heterocycles. The molecule has 0 N–H and O–H groups in total. The summed E-state index contributed by atoms with van der Waals surface area (Å²) in [5.41, 5.74) is 3.19. The summed E-state index contributed by atoms with van der Waals surface area (Å²) in [6, 6.07) is 14.6. The van der Waals surface area contributed by atoms with Crippen LogP contribution in [0.25, 0.3) is 0 Å². The lowest BCUT2D eigenvalue weighted by molar-refractivity contribution is 0.215. The highest BCUT2D eigenvalue weighted by atomic mass is 32.2. The number of benzene rings is 2. The van der Waals surface area contributed by atoms with Gasteiger partial charge in [0.2, 0.25) is 0 Å². The molecular weight excluding hydrogens is 272 g/mol. The molecule has 0 amide bonds. The molecule has 1 atom stereocenters. The second-order valence-corrected chi connectivity index (χ2v) is 6.66. The molecule has 0 fully saturated rings. The highest BCUT2D eigenvalue weighted by molar-refractivity contribution is 7.86. The molecule has 0 aromatic heterocycles. The Bertz CT molecular complexity index is 718. The van der Waals surface area contributed by atoms with Crippen LogP contribution in [-0.4, -0.2) is 8.42 Å². The van der Waals surface area contributed by atoms with Crippen LogP contribution in [0.1, 0.15) is 29.2 Å². The molecule has 2 aromatic rings. The maximum absolute atomic E-state index is 12.3. The Morgan fingerprint density at radius 3 is 2.50 bits per heavy atom. The Balaban J connectivity index is 1.86. The first-order chi connectivity index (χ1) is 9.56. The normalized spacial score (nSPS) is 17.9. The number of fused-ring (bicyclic) bond motifs is 1. The second-order valence-electron chi connectivity index (χ2n) is 5.09. The molecule has 0 radical (unpaired) electrons. The zero-order chi connectivity index (χ0) is 14.2. The number of hydrogen-bond donors (Lipinski definition) is 0. The van der Waals surface area contributed by atoms with E-state index in [0.717, 1.165) is 17.5 Å². The van der Waals surface area contributed by atoms with Crippen molar-refractivity contribution < 1.29 is 12.6 Å². The summed E-state index contributed by atoms with van der Waals surface area (Å²) in [6.45, 7) is 1.92. The van der Waals surface area contributed by atoms with Crippen LogP contribution in [0.2, 0.25) is 0 Å². The van der Waals surface area contributed by atoms with Gasteiger partial charge in [-0.15, -0.1) is 0 Å². The Kier molecular flexibility index (Phi) is 3.36. The van der Waals surface area contributed by atoms with E-state index in [2.05, 4.69) is 0 Å². The molecule has 0 bridgehead atoms. The predicted molar refractivity (Wildman–Crippen MR) is 77.0 cm³/mol. The first kappa shape index (κ1) is 13.3. The van der Waals surface area contributed by atoms with Crippen LogP contribution in [0.5, 0.6) is 0 Å². The maximum atomic E-state index is 12.3. The second kappa shape index (κ2) is 5.04. The van der Waals surface area contributed by atoms with Gasteiger partial charge >= 0.3 is 0 Å². The smallest absolute Gasteiger partial charge is 0.258 e. The maximum Gasteiger partial charge on any atom is 0.297 e. The van der Waals surface area contributed by atoms with Crippen molar-refractivity contribution in [2.45, 2.75) is 30.8 Å². The zero-order valence-electron chi connectivity index (χ0n) is 11.2. The first-order valence-corrected chi connectivity index (χ1v) is 8.05. The number of aryl methyl sites for hydroxylation is 2. The molecule has 0 saturated heterocycles. The third kappa shape index (κ3) is 2.49. The Labute approximate surface area is 119 Å². The van der Waals surface area contributed by atoms with Crippen LogP contribution in [0.4, 0.5) is 0 Å². The zero-order valence-corrected chi connectivity index (χ0v) is 12.1.